The molecule has 0 saturated carbocycles. The second-order valence-electron chi connectivity index (χ2n) is 5.55. The molecule has 0 bridgehead atoms. The van der Waals surface area contributed by atoms with E-state index in [0.717, 1.165) is 10.3 Å². The second-order valence-corrected chi connectivity index (χ2v) is 7.55. The number of imide groups is 1. The summed E-state index contributed by atoms with van der Waals surface area (Å²) in [4.78, 5) is 33.3. The smallest absolute Gasteiger partial charge is 0.321 e. The number of thiophene rings is 1. The van der Waals surface area contributed by atoms with E-state index in [1.54, 1.807) is 0 Å². The number of rotatable bonds is 5. The van der Waals surface area contributed by atoms with Gasteiger partial charge < -0.3 is 9.73 Å². The van der Waals surface area contributed by atoms with E-state index in [0.29, 0.717) is 28.3 Å². The topological polar surface area (TPSA) is 97.1 Å². The number of fused-ring (bicyclic) bond motifs is 3. The van der Waals surface area contributed by atoms with Crippen LogP contribution in [0.5, 0.6) is 0 Å². The SMILES string of the molecule is O=C(CSc1ncnc2c1oc1ccccc12)NC(=O)NCc1cccs1. The minimum absolute atomic E-state index is 0.0373. The molecule has 0 unspecified atom stereocenters. The van der Waals surface area contributed by atoms with Crippen molar-refractivity contribution in [2.24, 2.45) is 0 Å². The minimum atomic E-state index is -0.523. The van der Waals surface area contributed by atoms with Gasteiger partial charge in [0.25, 0.3) is 0 Å². The van der Waals surface area contributed by atoms with Crippen molar-refractivity contribution in [2.45, 2.75) is 11.6 Å². The van der Waals surface area contributed by atoms with E-state index in [-0.39, 0.29) is 5.75 Å². The Morgan fingerprint density at radius 3 is 2.89 bits per heavy atom. The molecule has 0 aliphatic heterocycles. The van der Waals surface area contributed by atoms with Gasteiger partial charge in [-0.3, -0.25) is 10.1 Å². The molecule has 3 heterocycles. The minimum Gasteiger partial charge on any atom is -0.451 e. The van der Waals surface area contributed by atoms with Gasteiger partial charge in [-0.05, 0) is 23.6 Å². The number of carbonyl (C=O) groups is 2. The molecule has 4 aromatic rings. The molecule has 0 atom stereocenters. The average molecular weight is 398 g/mol. The molecule has 0 radical (unpaired) electrons. The van der Waals surface area contributed by atoms with Gasteiger partial charge in [-0.25, -0.2) is 14.8 Å². The molecule has 2 N–H and O–H groups in total. The van der Waals surface area contributed by atoms with Crippen molar-refractivity contribution in [3.05, 3.63) is 53.0 Å². The zero-order valence-electron chi connectivity index (χ0n) is 14.0. The third kappa shape index (κ3) is 3.93. The Hall–Kier alpha value is -2.91. The van der Waals surface area contributed by atoms with E-state index in [2.05, 4.69) is 20.6 Å². The van der Waals surface area contributed by atoms with Crippen molar-refractivity contribution in [1.29, 1.82) is 0 Å². The fourth-order valence-corrected chi connectivity index (χ4v) is 3.90. The van der Waals surface area contributed by atoms with Crippen molar-refractivity contribution >= 4 is 57.1 Å². The number of carbonyl (C=O) groups excluding carboxylic acids is 2. The lowest BCUT2D eigenvalue weighted by atomic mass is 10.2. The molecular formula is C18H14N4O3S2. The monoisotopic (exact) mass is 398 g/mol. The summed E-state index contributed by atoms with van der Waals surface area (Å²) in [6.07, 6.45) is 1.44. The number of nitrogens with zero attached hydrogens (tertiary/aromatic N) is 2. The largest absolute Gasteiger partial charge is 0.451 e. The van der Waals surface area contributed by atoms with Crippen LogP contribution < -0.4 is 10.6 Å². The lowest BCUT2D eigenvalue weighted by molar-refractivity contribution is -0.117. The fourth-order valence-electron chi connectivity index (χ4n) is 2.53. The Balaban J connectivity index is 1.38. The summed E-state index contributed by atoms with van der Waals surface area (Å²) in [5, 5.41) is 8.34. The van der Waals surface area contributed by atoms with Gasteiger partial charge in [-0.2, -0.15) is 0 Å². The molecule has 0 spiro atoms. The van der Waals surface area contributed by atoms with Crippen LogP contribution >= 0.6 is 23.1 Å². The fraction of sp³-hybridized carbons (Fsp3) is 0.111. The van der Waals surface area contributed by atoms with Crippen LogP contribution in [0.1, 0.15) is 4.88 Å². The highest BCUT2D eigenvalue weighted by Crippen LogP contribution is 2.32. The molecule has 7 nitrogen and oxygen atoms in total. The molecule has 4 rings (SSSR count). The predicted molar refractivity (Wildman–Crippen MR) is 105 cm³/mol. The molecular weight excluding hydrogens is 384 g/mol. The van der Waals surface area contributed by atoms with Crippen LogP contribution in [-0.2, 0) is 11.3 Å². The van der Waals surface area contributed by atoms with Crippen molar-refractivity contribution in [3.8, 4) is 0 Å². The van der Waals surface area contributed by atoms with E-state index in [4.69, 9.17) is 4.42 Å². The lowest BCUT2D eigenvalue weighted by Crippen LogP contribution is -2.39. The number of aromatic nitrogens is 2. The number of para-hydroxylation sites is 1. The molecule has 0 fully saturated rings. The molecule has 0 aliphatic rings. The Kier molecular flexibility index (Phi) is 5.03. The van der Waals surface area contributed by atoms with Gasteiger partial charge in [0.15, 0.2) is 5.58 Å². The van der Waals surface area contributed by atoms with Gasteiger partial charge in [-0.15, -0.1) is 11.3 Å². The predicted octanol–water partition coefficient (Wildman–Crippen LogP) is 3.56. The summed E-state index contributed by atoms with van der Waals surface area (Å²) in [6, 6.07) is 10.9. The number of hydrogen-bond donors (Lipinski definition) is 2. The highest BCUT2D eigenvalue weighted by atomic mass is 32.2. The first-order valence-electron chi connectivity index (χ1n) is 8.06. The first-order chi connectivity index (χ1) is 13.2. The van der Waals surface area contributed by atoms with Gasteiger partial charge in [0.2, 0.25) is 5.91 Å². The molecule has 0 saturated heterocycles. The van der Waals surface area contributed by atoms with E-state index < -0.39 is 11.9 Å². The van der Waals surface area contributed by atoms with E-state index in [1.165, 1.54) is 29.4 Å². The molecule has 1 aromatic carbocycles. The van der Waals surface area contributed by atoms with Crippen LogP contribution in [0.4, 0.5) is 4.79 Å². The van der Waals surface area contributed by atoms with Gasteiger partial charge in [-0.1, -0.05) is 30.0 Å². The number of hydrogen-bond acceptors (Lipinski definition) is 7. The van der Waals surface area contributed by atoms with Crippen LogP contribution in [0.2, 0.25) is 0 Å². The maximum absolute atomic E-state index is 12.0. The van der Waals surface area contributed by atoms with Crippen LogP contribution in [0.15, 0.2) is 57.5 Å². The number of thioether (sulfide) groups is 1. The van der Waals surface area contributed by atoms with Crippen molar-refractivity contribution < 1.29 is 14.0 Å². The number of urea groups is 1. The molecule has 0 aliphatic carbocycles. The maximum Gasteiger partial charge on any atom is 0.321 e. The number of amides is 3. The van der Waals surface area contributed by atoms with E-state index in [9.17, 15) is 9.59 Å². The van der Waals surface area contributed by atoms with Crippen LogP contribution in [0.25, 0.3) is 22.1 Å². The van der Waals surface area contributed by atoms with Crippen LogP contribution in [-0.4, -0.2) is 27.7 Å². The third-order valence-electron chi connectivity index (χ3n) is 3.72. The molecule has 9 heteroatoms. The molecule has 27 heavy (non-hydrogen) atoms. The van der Waals surface area contributed by atoms with Gasteiger partial charge in [0, 0.05) is 10.3 Å². The maximum atomic E-state index is 12.0. The molecule has 3 aromatic heterocycles. The average Bonchev–Trinajstić information content (AvgIpc) is 3.32. The highest BCUT2D eigenvalue weighted by molar-refractivity contribution is 8.00. The molecule has 3 amide bonds. The lowest BCUT2D eigenvalue weighted by Gasteiger charge is -2.05. The van der Waals surface area contributed by atoms with Crippen molar-refractivity contribution in [1.82, 2.24) is 20.6 Å². The summed E-state index contributed by atoms with van der Waals surface area (Å²) >= 11 is 2.73. The normalized spacial score (nSPS) is 11.0. The van der Waals surface area contributed by atoms with Gasteiger partial charge in [0.1, 0.15) is 22.5 Å². The van der Waals surface area contributed by atoms with Gasteiger partial charge >= 0.3 is 6.03 Å². The van der Waals surface area contributed by atoms with Crippen LogP contribution in [0.3, 0.4) is 0 Å². The Labute approximate surface area is 162 Å². The zero-order valence-corrected chi connectivity index (χ0v) is 15.6. The van der Waals surface area contributed by atoms with E-state index in [1.807, 2.05) is 41.8 Å². The number of benzene rings is 1. The summed E-state index contributed by atoms with van der Waals surface area (Å²) in [5.41, 5.74) is 1.96. The Morgan fingerprint density at radius 2 is 2.04 bits per heavy atom. The number of nitrogens with one attached hydrogen (secondary N) is 2. The first kappa shape index (κ1) is 17.5. The first-order valence-corrected chi connectivity index (χ1v) is 9.92. The summed E-state index contributed by atoms with van der Waals surface area (Å²) in [7, 11) is 0. The summed E-state index contributed by atoms with van der Waals surface area (Å²) in [5.74, 6) is -0.373. The molecule has 136 valence electrons. The summed E-state index contributed by atoms with van der Waals surface area (Å²) < 4.78 is 5.82. The van der Waals surface area contributed by atoms with Crippen molar-refractivity contribution in [2.75, 3.05) is 5.75 Å². The van der Waals surface area contributed by atoms with Gasteiger partial charge in [0.05, 0.1) is 12.3 Å². The zero-order chi connectivity index (χ0) is 18.6. The second kappa shape index (κ2) is 7.77. The Morgan fingerprint density at radius 1 is 1.15 bits per heavy atom. The van der Waals surface area contributed by atoms with Crippen LogP contribution in [0, 0.1) is 0 Å². The third-order valence-corrected chi connectivity index (χ3v) is 5.57. The standard InChI is InChI=1S/C18H14N4O3S2/c23-14(22-18(24)19-8-11-4-3-7-26-11)9-27-17-16-15(20-10-21-17)12-5-1-2-6-13(12)25-16/h1-7,10H,8-9H2,(H2,19,22,23,24). The summed E-state index contributed by atoms with van der Waals surface area (Å²) in [6.45, 7) is 0.384. The number of furan rings is 1. The van der Waals surface area contributed by atoms with Crippen molar-refractivity contribution in [3.63, 3.8) is 0 Å². The highest BCUT2D eigenvalue weighted by Gasteiger charge is 2.15. The quantitative estimate of drug-likeness (QED) is 0.394. The Bertz CT molecular complexity index is 1110. The van der Waals surface area contributed by atoms with E-state index >= 15 is 0 Å².